The first-order valence-electron chi connectivity index (χ1n) is 8.00. The second-order valence-electron chi connectivity index (χ2n) is 6.14. The van der Waals surface area contributed by atoms with Gasteiger partial charge in [0.15, 0.2) is 0 Å². The molecule has 2 rings (SSSR count). The van der Waals surface area contributed by atoms with Gasteiger partial charge in [0.25, 0.3) is 5.91 Å². The standard InChI is InChI=1S/C19H21F3N2O.ClH/c1-12(14-4-3-5-15(10-14)19(20,21)22)8-9-24-18(25)17-11-16(23)7-6-13(17)2;/h3-7,10-12H,8-9,23H2,1-2H3,(H,24,25);1H. The summed E-state index contributed by atoms with van der Waals surface area (Å²) in [4.78, 5) is 12.2. The van der Waals surface area contributed by atoms with E-state index in [9.17, 15) is 18.0 Å². The summed E-state index contributed by atoms with van der Waals surface area (Å²) < 4.78 is 38.3. The van der Waals surface area contributed by atoms with E-state index in [4.69, 9.17) is 5.73 Å². The van der Waals surface area contributed by atoms with Crippen LogP contribution in [0, 0.1) is 6.92 Å². The second-order valence-corrected chi connectivity index (χ2v) is 6.14. The molecule has 2 aromatic rings. The first kappa shape index (κ1) is 21.8. The third kappa shape index (κ3) is 5.66. The zero-order valence-corrected chi connectivity index (χ0v) is 15.4. The maximum Gasteiger partial charge on any atom is 0.416 e. The van der Waals surface area contributed by atoms with Crippen LogP contribution in [0.15, 0.2) is 42.5 Å². The SMILES string of the molecule is Cc1ccc(N)cc1C(=O)NCCC(C)c1cccc(C(F)(F)F)c1.Cl. The molecule has 0 bridgehead atoms. The third-order valence-electron chi connectivity index (χ3n) is 4.15. The number of rotatable bonds is 5. The number of carbonyl (C=O) groups is 1. The highest BCUT2D eigenvalue weighted by atomic mass is 35.5. The van der Waals surface area contributed by atoms with Crippen molar-refractivity contribution in [3.8, 4) is 0 Å². The zero-order valence-electron chi connectivity index (χ0n) is 14.6. The van der Waals surface area contributed by atoms with Crippen LogP contribution in [-0.4, -0.2) is 12.5 Å². The Morgan fingerprint density at radius 1 is 1.19 bits per heavy atom. The molecule has 3 N–H and O–H groups in total. The van der Waals surface area contributed by atoms with Gasteiger partial charge in [0.1, 0.15) is 0 Å². The largest absolute Gasteiger partial charge is 0.416 e. The average molecular weight is 387 g/mol. The molecule has 0 aliphatic rings. The summed E-state index contributed by atoms with van der Waals surface area (Å²) in [5.74, 6) is -0.342. The number of nitrogen functional groups attached to an aromatic ring is 1. The van der Waals surface area contributed by atoms with Crippen molar-refractivity contribution in [2.75, 3.05) is 12.3 Å². The summed E-state index contributed by atoms with van der Waals surface area (Å²) >= 11 is 0. The predicted octanol–water partition coefficient (Wildman–Crippen LogP) is 4.94. The van der Waals surface area contributed by atoms with Crippen molar-refractivity contribution in [1.82, 2.24) is 5.32 Å². The van der Waals surface area contributed by atoms with Crippen LogP contribution in [-0.2, 0) is 6.18 Å². The Labute approximate surface area is 157 Å². The van der Waals surface area contributed by atoms with Gasteiger partial charge in [-0.3, -0.25) is 4.79 Å². The molecule has 0 saturated carbocycles. The number of alkyl halides is 3. The molecule has 0 heterocycles. The number of anilines is 1. The number of amides is 1. The second kappa shape index (κ2) is 8.94. The molecule has 1 amide bonds. The highest BCUT2D eigenvalue weighted by molar-refractivity contribution is 5.96. The lowest BCUT2D eigenvalue weighted by Crippen LogP contribution is -2.26. The lowest BCUT2D eigenvalue weighted by atomic mass is 9.96. The fourth-order valence-electron chi connectivity index (χ4n) is 2.57. The number of benzene rings is 2. The zero-order chi connectivity index (χ0) is 18.6. The van der Waals surface area contributed by atoms with Gasteiger partial charge in [0, 0.05) is 17.8 Å². The van der Waals surface area contributed by atoms with Crippen molar-refractivity contribution in [2.24, 2.45) is 0 Å². The molecule has 0 aliphatic heterocycles. The molecular formula is C19H22ClF3N2O. The molecule has 142 valence electrons. The number of carbonyl (C=O) groups excluding carboxylic acids is 1. The molecule has 3 nitrogen and oxygen atoms in total. The van der Waals surface area contributed by atoms with Crippen LogP contribution in [0.2, 0.25) is 0 Å². The van der Waals surface area contributed by atoms with Crippen LogP contribution < -0.4 is 11.1 Å². The van der Waals surface area contributed by atoms with Crippen LogP contribution in [0.3, 0.4) is 0 Å². The van der Waals surface area contributed by atoms with Gasteiger partial charge in [-0.25, -0.2) is 0 Å². The lowest BCUT2D eigenvalue weighted by molar-refractivity contribution is -0.137. The van der Waals surface area contributed by atoms with Gasteiger partial charge in [-0.05, 0) is 48.6 Å². The number of hydrogen-bond donors (Lipinski definition) is 2. The molecule has 1 unspecified atom stereocenters. The topological polar surface area (TPSA) is 55.1 Å². The predicted molar refractivity (Wildman–Crippen MR) is 99.6 cm³/mol. The van der Waals surface area contributed by atoms with Crippen molar-refractivity contribution >= 4 is 24.0 Å². The molecule has 2 aromatic carbocycles. The summed E-state index contributed by atoms with van der Waals surface area (Å²) in [6.07, 6.45) is -3.82. The summed E-state index contributed by atoms with van der Waals surface area (Å²) in [5.41, 5.74) is 7.47. The Kier molecular flexibility index (Phi) is 7.51. The van der Waals surface area contributed by atoms with E-state index in [0.29, 0.717) is 29.8 Å². The lowest BCUT2D eigenvalue weighted by Gasteiger charge is -2.15. The molecule has 0 spiro atoms. The van der Waals surface area contributed by atoms with Gasteiger partial charge in [-0.1, -0.05) is 31.2 Å². The number of nitrogens with one attached hydrogen (secondary N) is 1. The minimum atomic E-state index is -4.35. The summed E-state index contributed by atoms with van der Waals surface area (Å²) in [6.45, 7) is 4.03. The smallest absolute Gasteiger partial charge is 0.399 e. The Hall–Kier alpha value is -2.21. The van der Waals surface area contributed by atoms with Gasteiger partial charge < -0.3 is 11.1 Å². The van der Waals surface area contributed by atoms with Gasteiger partial charge in [0.05, 0.1) is 5.56 Å². The van der Waals surface area contributed by atoms with Crippen molar-refractivity contribution in [2.45, 2.75) is 32.4 Å². The van der Waals surface area contributed by atoms with E-state index in [-0.39, 0.29) is 24.2 Å². The molecular weight excluding hydrogens is 365 g/mol. The van der Waals surface area contributed by atoms with Crippen LogP contribution in [0.4, 0.5) is 18.9 Å². The van der Waals surface area contributed by atoms with Gasteiger partial charge >= 0.3 is 6.18 Å². The monoisotopic (exact) mass is 386 g/mol. The summed E-state index contributed by atoms with van der Waals surface area (Å²) in [5, 5.41) is 2.80. The highest BCUT2D eigenvalue weighted by Gasteiger charge is 2.30. The number of nitrogens with two attached hydrogens (primary N) is 1. The highest BCUT2D eigenvalue weighted by Crippen LogP contribution is 2.31. The minimum Gasteiger partial charge on any atom is -0.399 e. The van der Waals surface area contributed by atoms with E-state index in [0.717, 1.165) is 17.7 Å². The van der Waals surface area contributed by atoms with Gasteiger partial charge in [-0.2, -0.15) is 13.2 Å². The van der Waals surface area contributed by atoms with E-state index < -0.39 is 11.7 Å². The first-order valence-corrected chi connectivity index (χ1v) is 8.00. The van der Waals surface area contributed by atoms with Crippen LogP contribution in [0.1, 0.15) is 46.3 Å². The molecule has 0 saturated heterocycles. The Bertz CT molecular complexity index is 763. The molecule has 7 heteroatoms. The minimum absolute atomic E-state index is 0. The molecule has 1 atom stereocenters. The summed E-state index contributed by atoms with van der Waals surface area (Å²) in [7, 11) is 0. The molecule has 26 heavy (non-hydrogen) atoms. The van der Waals surface area contributed by atoms with Crippen molar-refractivity contribution in [3.05, 3.63) is 64.7 Å². The fraction of sp³-hybridized carbons (Fsp3) is 0.316. The maximum atomic E-state index is 12.8. The molecule has 0 radical (unpaired) electrons. The first-order chi connectivity index (χ1) is 11.7. The normalized spacial score (nSPS) is 12.2. The maximum absolute atomic E-state index is 12.8. The van der Waals surface area contributed by atoms with E-state index in [2.05, 4.69) is 5.32 Å². The summed E-state index contributed by atoms with van der Waals surface area (Å²) in [6, 6.07) is 10.4. The van der Waals surface area contributed by atoms with Crippen molar-refractivity contribution in [3.63, 3.8) is 0 Å². The van der Waals surface area contributed by atoms with Crippen LogP contribution >= 0.6 is 12.4 Å². The van der Waals surface area contributed by atoms with E-state index in [1.165, 1.54) is 6.07 Å². The van der Waals surface area contributed by atoms with Gasteiger partial charge in [-0.15, -0.1) is 12.4 Å². The quantitative estimate of drug-likeness (QED) is 0.715. The number of halogens is 4. The van der Waals surface area contributed by atoms with Crippen LogP contribution in [0.25, 0.3) is 0 Å². The molecule has 0 aliphatic carbocycles. The van der Waals surface area contributed by atoms with Crippen LogP contribution in [0.5, 0.6) is 0 Å². The number of aryl methyl sites for hydroxylation is 1. The third-order valence-corrected chi connectivity index (χ3v) is 4.15. The Balaban J connectivity index is 0.00000338. The molecule has 0 fully saturated rings. The van der Waals surface area contributed by atoms with E-state index in [1.54, 1.807) is 24.3 Å². The van der Waals surface area contributed by atoms with E-state index in [1.807, 2.05) is 13.8 Å². The Morgan fingerprint density at radius 2 is 1.88 bits per heavy atom. The molecule has 0 aromatic heterocycles. The van der Waals surface area contributed by atoms with Crippen molar-refractivity contribution < 1.29 is 18.0 Å². The van der Waals surface area contributed by atoms with Crippen molar-refractivity contribution in [1.29, 1.82) is 0 Å². The Morgan fingerprint density at radius 3 is 2.54 bits per heavy atom. The van der Waals surface area contributed by atoms with E-state index >= 15 is 0 Å². The average Bonchev–Trinajstić information content (AvgIpc) is 2.56. The number of hydrogen-bond acceptors (Lipinski definition) is 2. The van der Waals surface area contributed by atoms with Gasteiger partial charge in [0.2, 0.25) is 0 Å². The fourth-order valence-corrected chi connectivity index (χ4v) is 2.57.